The van der Waals surface area contributed by atoms with Crippen molar-refractivity contribution in [2.75, 3.05) is 20.3 Å². The Bertz CT molecular complexity index is 240. The van der Waals surface area contributed by atoms with E-state index in [0.29, 0.717) is 13.2 Å². The van der Waals surface area contributed by atoms with Gasteiger partial charge in [0.2, 0.25) is 0 Å². The van der Waals surface area contributed by atoms with E-state index < -0.39 is 6.09 Å². The summed E-state index contributed by atoms with van der Waals surface area (Å²) in [4.78, 5) is 24.4. The molecule has 0 aromatic carbocycles. The summed E-state index contributed by atoms with van der Waals surface area (Å²) < 4.78 is 9.53. The number of rotatable bonds is 5. The first-order valence-corrected chi connectivity index (χ1v) is 5.45. The molecule has 0 aromatic rings. The second kappa shape index (κ2) is 7.09. The van der Waals surface area contributed by atoms with E-state index in [0.717, 1.165) is 0 Å². The van der Waals surface area contributed by atoms with Gasteiger partial charge in [0.15, 0.2) is 0 Å². The van der Waals surface area contributed by atoms with Crippen LogP contribution in [0.25, 0.3) is 0 Å². The molecule has 0 radical (unpaired) electrons. The molecule has 1 amide bonds. The number of amides is 1. The van der Waals surface area contributed by atoms with Crippen molar-refractivity contribution in [2.45, 2.75) is 33.7 Å². The van der Waals surface area contributed by atoms with Crippen molar-refractivity contribution in [3.8, 4) is 0 Å². The van der Waals surface area contributed by atoms with Crippen LogP contribution in [0.2, 0.25) is 0 Å². The molecular formula is C11H21NO4. The number of methoxy groups -OCH3 is 1. The normalized spacial score (nSPS) is 12.1. The number of carbonyl (C=O) groups is 2. The fourth-order valence-corrected chi connectivity index (χ4v) is 1.27. The standard InChI is InChI=1S/C11H21NO4/c1-6-16-11(14)12(8(2)3)7-9(4)10(13)15-5/h8-9H,6-7H2,1-5H3. The monoisotopic (exact) mass is 231 g/mol. The van der Waals surface area contributed by atoms with Crippen molar-refractivity contribution in [3.05, 3.63) is 0 Å². The lowest BCUT2D eigenvalue weighted by molar-refractivity contribution is -0.145. The van der Waals surface area contributed by atoms with Gasteiger partial charge < -0.3 is 14.4 Å². The van der Waals surface area contributed by atoms with Crippen LogP contribution in [0.5, 0.6) is 0 Å². The van der Waals surface area contributed by atoms with Gasteiger partial charge in [-0.25, -0.2) is 4.79 Å². The van der Waals surface area contributed by atoms with E-state index in [1.807, 2.05) is 13.8 Å². The van der Waals surface area contributed by atoms with Gasteiger partial charge in [0.05, 0.1) is 19.6 Å². The van der Waals surface area contributed by atoms with Gasteiger partial charge in [-0.1, -0.05) is 6.92 Å². The molecule has 0 aliphatic rings. The Morgan fingerprint density at radius 3 is 2.19 bits per heavy atom. The van der Waals surface area contributed by atoms with Gasteiger partial charge in [-0.2, -0.15) is 0 Å². The van der Waals surface area contributed by atoms with Crippen LogP contribution in [0.3, 0.4) is 0 Å². The molecule has 0 spiro atoms. The number of ether oxygens (including phenoxy) is 2. The second-order valence-corrected chi connectivity index (χ2v) is 3.87. The number of hydrogen-bond acceptors (Lipinski definition) is 4. The van der Waals surface area contributed by atoms with Crippen LogP contribution < -0.4 is 0 Å². The summed E-state index contributed by atoms with van der Waals surface area (Å²) in [7, 11) is 1.34. The van der Waals surface area contributed by atoms with Gasteiger partial charge in [-0.05, 0) is 20.8 Å². The zero-order chi connectivity index (χ0) is 12.7. The topological polar surface area (TPSA) is 55.8 Å². The molecule has 0 fully saturated rings. The Hall–Kier alpha value is -1.26. The van der Waals surface area contributed by atoms with Crippen LogP contribution in [-0.2, 0) is 14.3 Å². The van der Waals surface area contributed by atoms with Gasteiger partial charge in [0.1, 0.15) is 0 Å². The third-order valence-electron chi connectivity index (χ3n) is 2.20. The molecule has 1 atom stereocenters. The molecule has 0 N–H and O–H groups in total. The molecule has 5 nitrogen and oxygen atoms in total. The third-order valence-corrected chi connectivity index (χ3v) is 2.20. The quantitative estimate of drug-likeness (QED) is 0.675. The average Bonchev–Trinajstić information content (AvgIpc) is 2.23. The zero-order valence-electron chi connectivity index (χ0n) is 10.6. The highest BCUT2D eigenvalue weighted by Crippen LogP contribution is 2.08. The van der Waals surface area contributed by atoms with Crippen LogP contribution >= 0.6 is 0 Å². The van der Waals surface area contributed by atoms with E-state index in [-0.39, 0.29) is 17.9 Å². The van der Waals surface area contributed by atoms with Crippen molar-refractivity contribution in [3.63, 3.8) is 0 Å². The predicted octanol–water partition coefficient (Wildman–Crippen LogP) is 1.66. The lowest BCUT2D eigenvalue weighted by atomic mass is 10.1. The molecule has 94 valence electrons. The average molecular weight is 231 g/mol. The lowest BCUT2D eigenvalue weighted by Crippen LogP contribution is -2.42. The van der Waals surface area contributed by atoms with E-state index in [2.05, 4.69) is 4.74 Å². The first-order valence-electron chi connectivity index (χ1n) is 5.45. The van der Waals surface area contributed by atoms with Crippen molar-refractivity contribution in [1.82, 2.24) is 4.90 Å². The molecule has 5 heteroatoms. The zero-order valence-corrected chi connectivity index (χ0v) is 10.6. The van der Waals surface area contributed by atoms with Crippen LogP contribution in [0.15, 0.2) is 0 Å². The number of carbonyl (C=O) groups excluding carboxylic acids is 2. The van der Waals surface area contributed by atoms with Crippen LogP contribution in [-0.4, -0.2) is 43.3 Å². The highest BCUT2D eigenvalue weighted by Gasteiger charge is 2.24. The van der Waals surface area contributed by atoms with Gasteiger partial charge in [-0.15, -0.1) is 0 Å². The van der Waals surface area contributed by atoms with Crippen LogP contribution in [0, 0.1) is 5.92 Å². The van der Waals surface area contributed by atoms with Crippen molar-refractivity contribution in [1.29, 1.82) is 0 Å². The van der Waals surface area contributed by atoms with E-state index in [4.69, 9.17) is 4.74 Å². The first-order chi connectivity index (χ1) is 7.43. The molecule has 1 unspecified atom stereocenters. The predicted molar refractivity (Wildman–Crippen MR) is 60.0 cm³/mol. The maximum absolute atomic E-state index is 11.6. The molecule has 0 rings (SSSR count). The molecule has 0 bridgehead atoms. The summed E-state index contributed by atoms with van der Waals surface area (Å²) in [5.74, 6) is -0.674. The first kappa shape index (κ1) is 14.7. The number of hydrogen-bond donors (Lipinski definition) is 0. The van der Waals surface area contributed by atoms with Gasteiger partial charge >= 0.3 is 12.1 Å². The van der Waals surface area contributed by atoms with Gasteiger partial charge in [0.25, 0.3) is 0 Å². The summed E-state index contributed by atoms with van der Waals surface area (Å²) in [6, 6.07) is -0.00819. The summed E-state index contributed by atoms with van der Waals surface area (Å²) in [5.41, 5.74) is 0. The SMILES string of the molecule is CCOC(=O)N(CC(C)C(=O)OC)C(C)C. The molecule has 0 saturated heterocycles. The Labute approximate surface area is 96.7 Å². The van der Waals surface area contributed by atoms with Crippen LogP contribution in [0.1, 0.15) is 27.7 Å². The van der Waals surface area contributed by atoms with E-state index >= 15 is 0 Å². The Balaban J connectivity index is 4.45. The number of nitrogens with zero attached hydrogens (tertiary/aromatic N) is 1. The molecule has 16 heavy (non-hydrogen) atoms. The molecule has 0 saturated carbocycles. The molecule has 0 aliphatic heterocycles. The minimum atomic E-state index is -0.395. The van der Waals surface area contributed by atoms with Gasteiger partial charge in [0, 0.05) is 12.6 Å². The maximum Gasteiger partial charge on any atom is 0.409 e. The fraction of sp³-hybridized carbons (Fsp3) is 0.818. The molecule has 0 aromatic heterocycles. The number of esters is 1. The fourth-order valence-electron chi connectivity index (χ4n) is 1.27. The largest absolute Gasteiger partial charge is 0.469 e. The molecule has 0 aliphatic carbocycles. The third kappa shape index (κ3) is 4.51. The summed E-state index contributed by atoms with van der Waals surface area (Å²) in [6.45, 7) is 7.86. The highest BCUT2D eigenvalue weighted by molar-refractivity contribution is 5.74. The maximum atomic E-state index is 11.6. The Morgan fingerprint density at radius 2 is 1.81 bits per heavy atom. The van der Waals surface area contributed by atoms with Crippen LogP contribution in [0.4, 0.5) is 4.79 Å². The second-order valence-electron chi connectivity index (χ2n) is 3.87. The van der Waals surface area contributed by atoms with Crippen molar-refractivity contribution in [2.24, 2.45) is 5.92 Å². The van der Waals surface area contributed by atoms with E-state index in [1.165, 1.54) is 12.0 Å². The Morgan fingerprint density at radius 1 is 1.25 bits per heavy atom. The smallest absolute Gasteiger partial charge is 0.409 e. The molecular weight excluding hydrogens is 210 g/mol. The minimum Gasteiger partial charge on any atom is -0.469 e. The van der Waals surface area contributed by atoms with Crippen molar-refractivity contribution < 1.29 is 19.1 Å². The van der Waals surface area contributed by atoms with Gasteiger partial charge in [-0.3, -0.25) is 4.79 Å². The van der Waals surface area contributed by atoms with Crippen molar-refractivity contribution >= 4 is 12.1 Å². The highest BCUT2D eigenvalue weighted by atomic mass is 16.6. The molecule has 0 heterocycles. The summed E-state index contributed by atoms with van der Waals surface area (Å²) in [6.07, 6.45) is -0.395. The summed E-state index contributed by atoms with van der Waals surface area (Å²) in [5, 5.41) is 0. The Kier molecular flexibility index (Phi) is 6.53. The lowest BCUT2D eigenvalue weighted by Gasteiger charge is -2.27. The van der Waals surface area contributed by atoms with E-state index in [9.17, 15) is 9.59 Å². The van der Waals surface area contributed by atoms with E-state index in [1.54, 1.807) is 13.8 Å². The summed E-state index contributed by atoms with van der Waals surface area (Å²) >= 11 is 0. The minimum absolute atomic E-state index is 0.00819.